The molecule has 4 unspecified atom stereocenters. The van der Waals surface area contributed by atoms with Gasteiger partial charge in [-0.05, 0) is 67.1 Å². The van der Waals surface area contributed by atoms with Gasteiger partial charge in [0.15, 0.2) is 0 Å². The lowest BCUT2D eigenvalue weighted by molar-refractivity contribution is 0.0247. The number of aliphatic hydroxyl groups excluding tert-OH is 1. The predicted octanol–water partition coefficient (Wildman–Crippen LogP) is 3.86. The molecule has 0 aromatic carbocycles. The summed E-state index contributed by atoms with van der Waals surface area (Å²) in [6.07, 6.45) is 7.75. The Morgan fingerprint density at radius 3 is 2.29 bits per heavy atom. The SMILES string of the molecule is CC1[C@@H]2C[C@@H](CC2C2CCCC(O)C2)C1(C)C. The van der Waals surface area contributed by atoms with Crippen LogP contribution >= 0.6 is 0 Å². The minimum absolute atomic E-state index is 0.0104. The molecule has 6 atom stereocenters. The van der Waals surface area contributed by atoms with Gasteiger partial charge in [0.05, 0.1) is 6.10 Å². The Bertz CT molecular complexity index is 292. The average Bonchev–Trinajstić information content (AvgIpc) is 2.79. The molecule has 98 valence electrons. The van der Waals surface area contributed by atoms with Crippen molar-refractivity contribution in [1.29, 1.82) is 0 Å². The Morgan fingerprint density at radius 1 is 1.00 bits per heavy atom. The Balaban J connectivity index is 1.72. The van der Waals surface area contributed by atoms with Crippen molar-refractivity contribution in [2.45, 2.75) is 65.4 Å². The molecule has 1 nitrogen and oxygen atoms in total. The standard InChI is InChI=1S/C16H28O/c1-10-14-8-12(16(10,2)3)9-15(14)11-5-4-6-13(17)7-11/h10-15,17H,4-9H2,1-3H3/t10?,11?,12-,13?,14-,15?/m0/s1. The van der Waals surface area contributed by atoms with E-state index in [1.807, 2.05) is 0 Å². The molecule has 0 aliphatic heterocycles. The van der Waals surface area contributed by atoms with Crippen LogP contribution in [-0.4, -0.2) is 11.2 Å². The smallest absolute Gasteiger partial charge is 0.0543 e. The Kier molecular flexibility index (Phi) is 2.81. The van der Waals surface area contributed by atoms with Gasteiger partial charge in [-0.3, -0.25) is 0 Å². The van der Waals surface area contributed by atoms with Crippen molar-refractivity contribution >= 4 is 0 Å². The van der Waals surface area contributed by atoms with E-state index in [0.29, 0.717) is 5.41 Å². The predicted molar refractivity (Wildman–Crippen MR) is 70.6 cm³/mol. The molecule has 0 saturated heterocycles. The van der Waals surface area contributed by atoms with Crippen LogP contribution in [0.4, 0.5) is 0 Å². The largest absolute Gasteiger partial charge is 0.393 e. The van der Waals surface area contributed by atoms with Crippen molar-refractivity contribution in [3.8, 4) is 0 Å². The van der Waals surface area contributed by atoms with Crippen molar-refractivity contribution < 1.29 is 5.11 Å². The summed E-state index contributed by atoms with van der Waals surface area (Å²) < 4.78 is 0. The third kappa shape index (κ3) is 1.77. The second-order valence-corrected chi connectivity index (χ2v) is 7.69. The van der Waals surface area contributed by atoms with Crippen LogP contribution < -0.4 is 0 Å². The second-order valence-electron chi connectivity index (χ2n) is 7.69. The van der Waals surface area contributed by atoms with Crippen LogP contribution in [0.25, 0.3) is 0 Å². The van der Waals surface area contributed by atoms with Crippen LogP contribution in [0.1, 0.15) is 59.3 Å². The monoisotopic (exact) mass is 236 g/mol. The molecule has 0 aromatic rings. The van der Waals surface area contributed by atoms with E-state index in [0.717, 1.165) is 42.4 Å². The molecule has 0 aromatic heterocycles. The zero-order chi connectivity index (χ0) is 12.2. The molecule has 1 heteroatoms. The van der Waals surface area contributed by atoms with Gasteiger partial charge in [-0.2, -0.15) is 0 Å². The van der Waals surface area contributed by atoms with E-state index in [9.17, 15) is 5.11 Å². The fourth-order valence-electron chi connectivity index (χ4n) is 5.34. The molecule has 1 N–H and O–H groups in total. The van der Waals surface area contributed by atoms with Crippen LogP contribution in [0.15, 0.2) is 0 Å². The summed E-state index contributed by atoms with van der Waals surface area (Å²) >= 11 is 0. The quantitative estimate of drug-likeness (QED) is 0.733. The fraction of sp³-hybridized carbons (Fsp3) is 1.00. The van der Waals surface area contributed by atoms with Gasteiger partial charge in [-0.15, -0.1) is 0 Å². The molecular formula is C16H28O. The van der Waals surface area contributed by atoms with Crippen molar-refractivity contribution in [2.24, 2.45) is 35.0 Å². The van der Waals surface area contributed by atoms with E-state index < -0.39 is 0 Å². The summed E-state index contributed by atoms with van der Waals surface area (Å²) in [5, 5.41) is 9.88. The molecule has 0 amide bonds. The third-order valence-electron chi connectivity index (χ3n) is 6.82. The molecular weight excluding hydrogens is 208 g/mol. The van der Waals surface area contributed by atoms with Gasteiger partial charge >= 0.3 is 0 Å². The first-order valence-corrected chi connectivity index (χ1v) is 7.68. The molecule has 2 bridgehead atoms. The molecule has 3 rings (SSSR count). The first-order valence-electron chi connectivity index (χ1n) is 7.68. The molecule has 3 fully saturated rings. The fourth-order valence-corrected chi connectivity index (χ4v) is 5.34. The maximum absolute atomic E-state index is 9.88. The second kappa shape index (κ2) is 3.98. The first kappa shape index (κ1) is 12.0. The molecule has 3 aliphatic rings. The number of rotatable bonds is 1. The topological polar surface area (TPSA) is 20.2 Å². The van der Waals surface area contributed by atoms with E-state index in [-0.39, 0.29) is 6.10 Å². The molecule has 3 saturated carbocycles. The Morgan fingerprint density at radius 2 is 1.71 bits per heavy atom. The molecule has 0 heterocycles. The van der Waals surface area contributed by atoms with Crippen LogP contribution in [0.3, 0.4) is 0 Å². The lowest BCUT2D eigenvalue weighted by Crippen LogP contribution is -2.37. The zero-order valence-corrected chi connectivity index (χ0v) is 11.7. The van der Waals surface area contributed by atoms with Crippen molar-refractivity contribution in [3.05, 3.63) is 0 Å². The highest BCUT2D eigenvalue weighted by atomic mass is 16.3. The van der Waals surface area contributed by atoms with Gasteiger partial charge in [-0.1, -0.05) is 27.2 Å². The highest BCUT2D eigenvalue weighted by Gasteiger charge is 2.56. The van der Waals surface area contributed by atoms with Gasteiger partial charge in [0, 0.05) is 0 Å². The van der Waals surface area contributed by atoms with E-state index in [4.69, 9.17) is 0 Å². The summed E-state index contributed by atoms with van der Waals surface area (Å²) in [6.45, 7) is 7.44. The number of fused-ring (bicyclic) bond motifs is 2. The van der Waals surface area contributed by atoms with Crippen molar-refractivity contribution in [2.75, 3.05) is 0 Å². The minimum atomic E-state index is 0.0104. The highest BCUT2D eigenvalue weighted by molar-refractivity contribution is 5.05. The average molecular weight is 236 g/mol. The highest BCUT2D eigenvalue weighted by Crippen LogP contribution is 2.63. The van der Waals surface area contributed by atoms with Crippen LogP contribution in [0, 0.1) is 35.0 Å². The van der Waals surface area contributed by atoms with Gasteiger partial charge in [0.2, 0.25) is 0 Å². The number of hydrogen-bond donors (Lipinski definition) is 1. The number of aliphatic hydroxyl groups is 1. The van der Waals surface area contributed by atoms with E-state index in [2.05, 4.69) is 20.8 Å². The van der Waals surface area contributed by atoms with Crippen LogP contribution in [-0.2, 0) is 0 Å². The normalized spacial score (nSPS) is 52.9. The molecule has 3 aliphatic carbocycles. The Labute approximate surface area is 106 Å². The van der Waals surface area contributed by atoms with Gasteiger partial charge in [0.25, 0.3) is 0 Å². The van der Waals surface area contributed by atoms with Gasteiger partial charge in [0.1, 0.15) is 0 Å². The maximum Gasteiger partial charge on any atom is 0.0543 e. The van der Waals surface area contributed by atoms with Crippen molar-refractivity contribution in [3.63, 3.8) is 0 Å². The third-order valence-corrected chi connectivity index (χ3v) is 6.82. The van der Waals surface area contributed by atoms with Crippen LogP contribution in [0.5, 0.6) is 0 Å². The van der Waals surface area contributed by atoms with Gasteiger partial charge in [-0.25, -0.2) is 0 Å². The Hall–Kier alpha value is -0.0400. The lowest BCUT2D eigenvalue weighted by Gasteiger charge is -2.44. The molecule has 0 radical (unpaired) electrons. The van der Waals surface area contributed by atoms with Crippen molar-refractivity contribution in [1.82, 2.24) is 0 Å². The van der Waals surface area contributed by atoms with E-state index in [1.165, 1.54) is 25.7 Å². The zero-order valence-electron chi connectivity index (χ0n) is 11.7. The summed E-state index contributed by atoms with van der Waals surface area (Å²) in [6, 6.07) is 0. The van der Waals surface area contributed by atoms with Gasteiger partial charge < -0.3 is 5.11 Å². The minimum Gasteiger partial charge on any atom is -0.393 e. The summed E-state index contributed by atoms with van der Waals surface area (Å²) in [5.41, 5.74) is 0.578. The lowest BCUT2D eigenvalue weighted by atomic mass is 9.62. The maximum atomic E-state index is 9.88. The van der Waals surface area contributed by atoms with Crippen LogP contribution in [0.2, 0.25) is 0 Å². The molecule has 17 heavy (non-hydrogen) atoms. The molecule has 0 spiro atoms. The van der Waals surface area contributed by atoms with E-state index >= 15 is 0 Å². The van der Waals surface area contributed by atoms with E-state index in [1.54, 1.807) is 0 Å². The number of hydrogen-bond acceptors (Lipinski definition) is 1. The first-order chi connectivity index (χ1) is 8.00. The summed E-state index contributed by atoms with van der Waals surface area (Å²) in [7, 11) is 0. The summed E-state index contributed by atoms with van der Waals surface area (Å²) in [5.74, 6) is 4.60. The summed E-state index contributed by atoms with van der Waals surface area (Å²) in [4.78, 5) is 0.